The topological polar surface area (TPSA) is 66.4 Å². The second-order valence-electron chi connectivity index (χ2n) is 4.77. The zero-order valence-corrected chi connectivity index (χ0v) is 14.2. The molecule has 1 aliphatic carbocycles. The smallest absolute Gasteiger partial charge is 0.339 e. The van der Waals surface area contributed by atoms with Gasteiger partial charge in [0.15, 0.2) is 0 Å². The van der Waals surface area contributed by atoms with Gasteiger partial charge in [0, 0.05) is 9.35 Å². The second kappa shape index (κ2) is 5.90. The summed E-state index contributed by atoms with van der Waals surface area (Å²) in [5.41, 5.74) is 1.18. The average molecular weight is 386 g/mol. The summed E-state index contributed by atoms with van der Waals surface area (Å²) in [6.45, 7) is 0. The number of aromatic carboxylic acids is 1. The maximum atomic E-state index is 12.3. The molecule has 0 spiro atoms. The number of hydrogen-bond acceptors (Lipinski definition) is 4. The van der Waals surface area contributed by atoms with Gasteiger partial charge in [-0.1, -0.05) is 0 Å². The highest BCUT2D eigenvalue weighted by molar-refractivity contribution is 9.10. The van der Waals surface area contributed by atoms with Crippen molar-refractivity contribution in [3.63, 3.8) is 0 Å². The molecule has 0 aliphatic heterocycles. The van der Waals surface area contributed by atoms with Gasteiger partial charge in [0.1, 0.15) is 9.88 Å². The lowest BCUT2D eigenvalue weighted by Crippen LogP contribution is -2.13. The molecule has 7 heteroatoms. The summed E-state index contributed by atoms with van der Waals surface area (Å²) in [6.07, 6.45) is 3.77. The minimum atomic E-state index is -0.963. The Morgan fingerprint density at radius 1 is 1.29 bits per heavy atom. The van der Waals surface area contributed by atoms with Gasteiger partial charge in [-0.25, -0.2) is 4.79 Å². The molecule has 2 heterocycles. The Kier molecular flexibility index (Phi) is 4.14. The molecule has 2 aromatic heterocycles. The van der Waals surface area contributed by atoms with Gasteiger partial charge >= 0.3 is 5.97 Å². The highest BCUT2D eigenvalue weighted by atomic mass is 79.9. The first-order valence-electron chi connectivity index (χ1n) is 6.50. The first-order valence-corrected chi connectivity index (χ1v) is 8.99. The second-order valence-corrected chi connectivity index (χ2v) is 7.65. The Labute approximate surface area is 137 Å². The normalized spacial score (nSPS) is 13.8. The van der Waals surface area contributed by atoms with Crippen molar-refractivity contribution in [2.24, 2.45) is 0 Å². The predicted molar refractivity (Wildman–Crippen MR) is 87.9 cm³/mol. The molecule has 3 rings (SSSR count). The molecule has 0 radical (unpaired) electrons. The van der Waals surface area contributed by atoms with Crippen LogP contribution in [-0.2, 0) is 12.8 Å². The molecular formula is C14H12BrNO3S2. The van der Waals surface area contributed by atoms with Crippen molar-refractivity contribution in [1.29, 1.82) is 0 Å². The van der Waals surface area contributed by atoms with Crippen LogP contribution in [0.4, 0.5) is 5.00 Å². The number of aryl methyl sites for hydroxylation is 1. The number of fused-ring (bicyclic) bond motifs is 1. The van der Waals surface area contributed by atoms with Gasteiger partial charge < -0.3 is 10.4 Å². The molecule has 0 bridgehead atoms. The van der Waals surface area contributed by atoms with Crippen molar-refractivity contribution in [2.45, 2.75) is 25.7 Å². The molecule has 0 fully saturated rings. The maximum absolute atomic E-state index is 12.3. The SMILES string of the molecule is O=C(Nc1sc2c(c1C(=O)O)CCCC2)c1sccc1Br. The molecular weight excluding hydrogens is 374 g/mol. The Hall–Kier alpha value is -1.18. The number of halogens is 1. The van der Waals surface area contributed by atoms with Crippen LogP contribution in [0, 0.1) is 0 Å². The lowest BCUT2D eigenvalue weighted by Gasteiger charge is -2.10. The minimum Gasteiger partial charge on any atom is -0.478 e. The summed E-state index contributed by atoms with van der Waals surface area (Å²) in [6, 6.07) is 1.80. The van der Waals surface area contributed by atoms with E-state index in [-0.39, 0.29) is 11.5 Å². The number of carboxylic acids is 1. The van der Waals surface area contributed by atoms with Crippen LogP contribution < -0.4 is 5.32 Å². The van der Waals surface area contributed by atoms with Crippen molar-refractivity contribution in [2.75, 3.05) is 5.32 Å². The zero-order valence-electron chi connectivity index (χ0n) is 10.9. The molecule has 21 heavy (non-hydrogen) atoms. The van der Waals surface area contributed by atoms with Crippen LogP contribution in [-0.4, -0.2) is 17.0 Å². The van der Waals surface area contributed by atoms with Gasteiger partial charge in [-0.2, -0.15) is 0 Å². The molecule has 2 aromatic rings. The molecule has 1 amide bonds. The number of hydrogen-bond donors (Lipinski definition) is 2. The van der Waals surface area contributed by atoms with E-state index in [0.29, 0.717) is 9.88 Å². The lowest BCUT2D eigenvalue weighted by atomic mass is 9.95. The van der Waals surface area contributed by atoms with Crippen molar-refractivity contribution < 1.29 is 14.7 Å². The van der Waals surface area contributed by atoms with Gasteiger partial charge in [-0.05, 0) is 58.6 Å². The molecule has 0 saturated carbocycles. The number of amides is 1. The maximum Gasteiger partial charge on any atom is 0.339 e. The van der Waals surface area contributed by atoms with Crippen LogP contribution in [0.3, 0.4) is 0 Å². The first kappa shape index (κ1) is 14.7. The summed E-state index contributed by atoms with van der Waals surface area (Å²) in [5, 5.41) is 14.5. The number of carboxylic acid groups (broad SMARTS) is 1. The molecule has 2 N–H and O–H groups in total. The van der Waals surface area contributed by atoms with Crippen LogP contribution in [0.25, 0.3) is 0 Å². The average Bonchev–Trinajstić information content (AvgIpc) is 3.01. The molecule has 110 valence electrons. The first-order chi connectivity index (χ1) is 10.1. The fraction of sp³-hybridized carbons (Fsp3) is 0.286. The predicted octanol–water partition coefficient (Wildman–Crippen LogP) is 4.40. The number of thiophene rings is 2. The fourth-order valence-electron chi connectivity index (χ4n) is 2.50. The van der Waals surface area contributed by atoms with E-state index in [2.05, 4.69) is 21.2 Å². The summed E-state index contributed by atoms with van der Waals surface area (Å²) >= 11 is 6.04. The van der Waals surface area contributed by atoms with Crippen molar-refractivity contribution in [3.8, 4) is 0 Å². The van der Waals surface area contributed by atoms with E-state index in [0.717, 1.165) is 40.6 Å². The van der Waals surface area contributed by atoms with Crippen molar-refractivity contribution >= 4 is 55.5 Å². The van der Waals surface area contributed by atoms with E-state index < -0.39 is 5.97 Å². The fourth-order valence-corrected chi connectivity index (χ4v) is 5.22. The largest absolute Gasteiger partial charge is 0.478 e. The summed E-state index contributed by atoms with van der Waals surface area (Å²) in [5.74, 6) is -1.23. The molecule has 0 unspecified atom stereocenters. The standard InChI is InChI=1S/C14H12BrNO3S2/c15-8-5-6-20-11(8)12(17)16-13-10(14(18)19)7-3-1-2-4-9(7)21-13/h5-6H,1-4H2,(H,16,17)(H,18,19). The summed E-state index contributed by atoms with van der Waals surface area (Å²) in [4.78, 5) is 25.5. The number of rotatable bonds is 3. The minimum absolute atomic E-state index is 0.266. The third-order valence-corrected chi connectivity index (χ3v) is 6.48. The Bertz CT molecular complexity index is 720. The Balaban J connectivity index is 1.95. The van der Waals surface area contributed by atoms with E-state index >= 15 is 0 Å². The molecule has 4 nitrogen and oxygen atoms in total. The van der Waals surface area contributed by atoms with E-state index in [9.17, 15) is 14.7 Å². The lowest BCUT2D eigenvalue weighted by molar-refractivity contribution is 0.0697. The molecule has 0 aromatic carbocycles. The van der Waals surface area contributed by atoms with E-state index in [1.54, 1.807) is 6.07 Å². The van der Waals surface area contributed by atoms with Gasteiger partial charge in [-0.3, -0.25) is 4.79 Å². The van der Waals surface area contributed by atoms with Crippen molar-refractivity contribution in [3.05, 3.63) is 36.8 Å². The molecule has 0 saturated heterocycles. The monoisotopic (exact) mass is 385 g/mol. The highest BCUT2D eigenvalue weighted by Crippen LogP contribution is 2.38. The summed E-state index contributed by atoms with van der Waals surface area (Å²) in [7, 11) is 0. The van der Waals surface area contributed by atoms with Crippen LogP contribution in [0.15, 0.2) is 15.9 Å². The zero-order chi connectivity index (χ0) is 15.0. The van der Waals surface area contributed by atoms with Gasteiger partial charge in [0.05, 0.1) is 5.56 Å². The Morgan fingerprint density at radius 2 is 2.05 bits per heavy atom. The molecule has 1 aliphatic rings. The Morgan fingerprint density at radius 3 is 2.71 bits per heavy atom. The molecule has 0 atom stereocenters. The number of anilines is 1. The van der Waals surface area contributed by atoms with E-state index in [1.165, 1.54) is 22.7 Å². The van der Waals surface area contributed by atoms with Crippen molar-refractivity contribution in [1.82, 2.24) is 0 Å². The van der Waals surface area contributed by atoms with E-state index in [1.807, 2.05) is 5.38 Å². The third kappa shape index (κ3) is 2.77. The quantitative estimate of drug-likeness (QED) is 0.822. The third-order valence-electron chi connectivity index (χ3n) is 3.44. The van der Waals surface area contributed by atoms with Crippen LogP contribution >= 0.6 is 38.6 Å². The van der Waals surface area contributed by atoms with Crippen LogP contribution in [0.5, 0.6) is 0 Å². The number of carbonyl (C=O) groups excluding carboxylic acids is 1. The van der Waals surface area contributed by atoms with Crippen LogP contribution in [0.1, 0.15) is 43.3 Å². The van der Waals surface area contributed by atoms with Crippen LogP contribution in [0.2, 0.25) is 0 Å². The summed E-state index contributed by atoms with van der Waals surface area (Å²) < 4.78 is 0.725. The number of nitrogens with one attached hydrogen (secondary N) is 1. The van der Waals surface area contributed by atoms with Gasteiger partial charge in [0.25, 0.3) is 5.91 Å². The number of carbonyl (C=O) groups is 2. The van der Waals surface area contributed by atoms with Gasteiger partial charge in [-0.15, -0.1) is 22.7 Å². The van der Waals surface area contributed by atoms with E-state index in [4.69, 9.17) is 0 Å². The highest BCUT2D eigenvalue weighted by Gasteiger charge is 2.26. The van der Waals surface area contributed by atoms with Gasteiger partial charge in [0.2, 0.25) is 0 Å².